The highest BCUT2D eigenvalue weighted by Gasteiger charge is 2.27. The number of nitrogens with zero attached hydrogens (tertiary/aromatic N) is 1. The zero-order valence-electron chi connectivity index (χ0n) is 10.00. The minimum atomic E-state index is -0.184. The van der Waals surface area contributed by atoms with Gasteiger partial charge in [0.2, 0.25) is 0 Å². The molecule has 1 aliphatic rings. The molecule has 0 amide bonds. The van der Waals surface area contributed by atoms with Crippen molar-refractivity contribution in [2.24, 2.45) is 11.7 Å². The minimum absolute atomic E-state index is 0.184. The molecule has 2 unspecified atom stereocenters. The molecule has 1 heterocycles. The summed E-state index contributed by atoms with van der Waals surface area (Å²) in [5, 5.41) is 0. The lowest BCUT2D eigenvalue weighted by molar-refractivity contribution is 0.255. The molecule has 0 saturated carbocycles. The number of likely N-dealkylation sites (tertiary alicyclic amines) is 1. The predicted octanol–water partition coefficient (Wildman–Crippen LogP) is 2.76. The van der Waals surface area contributed by atoms with E-state index in [0.29, 0.717) is 12.0 Å². The first-order chi connectivity index (χ1) is 8.08. The van der Waals surface area contributed by atoms with Crippen LogP contribution in [-0.2, 0) is 6.54 Å². The van der Waals surface area contributed by atoms with Gasteiger partial charge in [0.05, 0.1) is 0 Å². The second-order valence-electron chi connectivity index (χ2n) is 4.89. The number of nitrogens with two attached hydrogens (primary N) is 1. The van der Waals surface area contributed by atoms with E-state index in [1.54, 1.807) is 6.07 Å². The summed E-state index contributed by atoms with van der Waals surface area (Å²) in [6.45, 7) is 4.78. The molecule has 2 atom stereocenters. The Morgan fingerprint density at radius 3 is 2.82 bits per heavy atom. The van der Waals surface area contributed by atoms with Crippen molar-refractivity contribution in [3.63, 3.8) is 0 Å². The summed E-state index contributed by atoms with van der Waals surface area (Å²) in [6.07, 6.45) is 1.15. The molecule has 1 saturated heterocycles. The van der Waals surface area contributed by atoms with Gasteiger partial charge in [-0.05, 0) is 49.6 Å². The summed E-state index contributed by atoms with van der Waals surface area (Å²) >= 11 is 3.32. The maximum Gasteiger partial charge on any atom is 0.124 e. The Kier molecular flexibility index (Phi) is 4.17. The second-order valence-corrected chi connectivity index (χ2v) is 5.81. The maximum absolute atomic E-state index is 13.3. The monoisotopic (exact) mass is 300 g/mol. The van der Waals surface area contributed by atoms with Crippen molar-refractivity contribution in [1.82, 2.24) is 4.90 Å². The molecule has 1 aromatic carbocycles. The van der Waals surface area contributed by atoms with E-state index in [0.717, 1.165) is 36.1 Å². The lowest BCUT2D eigenvalue weighted by Gasteiger charge is -2.21. The molecule has 1 aromatic rings. The fourth-order valence-corrected chi connectivity index (χ4v) is 3.06. The van der Waals surface area contributed by atoms with E-state index >= 15 is 0 Å². The van der Waals surface area contributed by atoms with Gasteiger partial charge in [0.15, 0.2) is 0 Å². The minimum Gasteiger partial charge on any atom is -0.330 e. The molecule has 4 heteroatoms. The molecule has 2 rings (SSSR count). The van der Waals surface area contributed by atoms with Gasteiger partial charge in [-0.2, -0.15) is 0 Å². The number of hydrogen-bond donors (Lipinski definition) is 1. The first-order valence-corrected chi connectivity index (χ1v) is 6.77. The lowest BCUT2D eigenvalue weighted by atomic mass is 10.1. The fraction of sp³-hybridized carbons (Fsp3) is 0.538. The van der Waals surface area contributed by atoms with E-state index in [-0.39, 0.29) is 5.82 Å². The van der Waals surface area contributed by atoms with Crippen LogP contribution in [0.1, 0.15) is 18.9 Å². The Morgan fingerprint density at radius 1 is 1.47 bits per heavy atom. The number of hydrogen-bond acceptors (Lipinski definition) is 2. The van der Waals surface area contributed by atoms with E-state index in [2.05, 4.69) is 27.8 Å². The van der Waals surface area contributed by atoms with Gasteiger partial charge in [-0.3, -0.25) is 4.90 Å². The van der Waals surface area contributed by atoms with Crippen molar-refractivity contribution in [3.8, 4) is 0 Å². The molecule has 2 nitrogen and oxygen atoms in total. The van der Waals surface area contributed by atoms with Crippen LogP contribution in [0.15, 0.2) is 22.7 Å². The van der Waals surface area contributed by atoms with Crippen LogP contribution < -0.4 is 5.73 Å². The smallest absolute Gasteiger partial charge is 0.124 e. The van der Waals surface area contributed by atoms with Gasteiger partial charge in [0.25, 0.3) is 0 Å². The first kappa shape index (κ1) is 13.0. The highest BCUT2D eigenvalue weighted by molar-refractivity contribution is 9.10. The van der Waals surface area contributed by atoms with E-state index < -0.39 is 0 Å². The summed E-state index contributed by atoms with van der Waals surface area (Å²) in [5.74, 6) is 0.401. The molecule has 0 radical (unpaired) electrons. The SMILES string of the molecule is CC1CC(CN)CN1Cc1cc(F)cc(Br)c1. The Hall–Kier alpha value is -0.450. The molecule has 0 aliphatic carbocycles. The summed E-state index contributed by atoms with van der Waals surface area (Å²) in [4.78, 5) is 2.37. The Morgan fingerprint density at radius 2 is 2.24 bits per heavy atom. The summed E-state index contributed by atoms with van der Waals surface area (Å²) in [5.41, 5.74) is 6.72. The average Bonchev–Trinajstić information content (AvgIpc) is 2.58. The van der Waals surface area contributed by atoms with Crippen LogP contribution in [0.2, 0.25) is 0 Å². The van der Waals surface area contributed by atoms with Crippen LogP contribution in [0.4, 0.5) is 4.39 Å². The quantitative estimate of drug-likeness (QED) is 0.930. The number of benzene rings is 1. The van der Waals surface area contributed by atoms with Crippen molar-refractivity contribution in [2.75, 3.05) is 13.1 Å². The number of rotatable bonds is 3. The van der Waals surface area contributed by atoms with Crippen LogP contribution in [0.3, 0.4) is 0 Å². The largest absolute Gasteiger partial charge is 0.330 e. The van der Waals surface area contributed by atoms with Gasteiger partial charge < -0.3 is 5.73 Å². The lowest BCUT2D eigenvalue weighted by Crippen LogP contribution is -2.27. The fourth-order valence-electron chi connectivity index (χ4n) is 2.55. The topological polar surface area (TPSA) is 29.3 Å². The third-order valence-electron chi connectivity index (χ3n) is 3.43. The van der Waals surface area contributed by atoms with Gasteiger partial charge in [-0.25, -0.2) is 4.39 Å². The summed E-state index contributed by atoms with van der Waals surface area (Å²) < 4.78 is 14.1. The standard InChI is InChI=1S/C13H18BrFN2/c1-9-2-11(6-16)8-17(9)7-10-3-12(14)5-13(15)4-10/h3-5,9,11H,2,6-8,16H2,1H3. The van der Waals surface area contributed by atoms with Crippen molar-refractivity contribution in [2.45, 2.75) is 25.9 Å². The molecule has 0 aromatic heterocycles. The van der Waals surface area contributed by atoms with Crippen molar-refractivity contribution in [1.29, 1.82) is 0 Å². The third-order valence-corrected chi connectivity index (χ3v) is 3.89. The van der Waals surface area contributed by atoms with Gasteiger partial charge >= 0.3 is 0 Å². The highest BCUT2D eigenvalue weighted by atomic mass is 79.9. The second kappa shape index (κ2) is 5.46. The van der Waals surface area contributed by atoms with Gasteiger partial charge in [0, 0.05) is 23.6 Å². The average molecular weight is 301 g/mol. The van der Waals surface area contributed by atoms with Crippen LogP contribution in [0.25, 0.3) is 0 Å². The van der Waals surface area contributed by atoms with Gasteiger partial charge in [-0.1, -0.05) is 15.9 Å². The molecular formula is C13H18BrFN2. The van der Waals surface area contributed by atoms with Crippen LogP contribution in [0, 0.1) is 11.7 Å². The third kappa shape index (κ3) is 3.27. The van der Waals surface area contributed by atoms with Crippen molar-refractivity contribution in [3.05, 3.63) is 34.1 Å². The Bertz CT molecular complexity index is 377. The summed E-state index contributed by atoms with van der Waals surface area (Å²) in [7, 11) is 0. The van der Waals surface area contributed by atoms with E-state index in [1.165, 1.54) is 6.07 Å². The maximum atomic E-state index is 13.3. The van der Waals surface area contributed by atoms with Gasteiger partial charge in [-0.15, -0.1) is 0 Å². The van der Waals surface area contributed by atoms with Crippen molar-refractivity contribution >= 4 is 15.9 Å². The first-order valence-electron chi connectivity index (χ1n) is 5.97. The molecule has 0 bridgehead atoms. The molecule has 1 aliphatic heterocycles. The molecule has 17 heavy (non-hydrogen) atoms. The zero-order valence-corrected chi connectivity index (χ0v) is 11.6. The van der Waals surface area contributed by atoms with Crippen LogP contribution >= 0.6 is 15.9 Å². The molecule has 1 fully saturated rings. The predicted molar refractivity (Wildman–Crippen MR) is 71.1 cm³/mol. The van der Waals surface area contributed by atoms with E-state index in [4.69, 9.17) is 5.73 Å². The molecular weight excluding hydrogens is 283 g/mol. The van der Waals surface area contributed by atoms with Gasteiger partial charge in [0.1, 0.15) is 5.82 Å². The Balaban J connectivity index is 2.05. The van der Waals surface area contributed by atoms with Crippen LogP contribution in [0.5, 0.6) is 0 Å². The van der Waals surface area contributed by atoms with E-state index in [1.807, 2.05) is 6.07 Å². The Labute approximate surface area is 110 Å². The normalized spacial score (nSPS) is 25.4. The molecule has 94 valence electrons. The number of halogens is 2. The van der Waals surface area contributed by atoms with Crippen molar-refractivity contribution < 1.29 is 4.39 Å². The van der Waals surface area contributed by atoms with E-state index in [9.17, 15) is 4.39 Å². The highest BCUT2D eigenvalue weighted by Crippen LogP contribution is 2.25. The van der Waals surface area contributed by atoms with Crippen LogP contribution in [-0.4, -0.2) is 24.0 Å². The summed E-state index contributed by atoms with van der Waals surface area (Å²) in [6, 6.07) is 5.60. The molecule has 2 N–H and O–H groups in total. The molecule has 0 spiro atoms. The zero-order chi connectivity index (χ0) is 12.4.